The molecule has 0 heterocycles. The second kappa shape index (κ2) is 1.92. The topological polar surface area (TPSA) is 37.3 Å². The van der Waals surface area contributed by atoms with Crippen LogP contribution in [0.5, 0.6) is 0 Å². The molecule has 2 rings (SSSR count). The summed E-state index contributed by atoms with van der Waals surface area (Å²) in [5.74, 6) is 0.466. The number of fused-ring (bicyclic) bond motifs is 2. The van der Waals surface area contributed by atoms with Gasteiger partial charge in [-0.3, -0.25) is 4.79 Å². The van der Waals surface area contributed by atoms with Gasteiger partial charge in [-0.1, -0.05) is 20.8 Å². The van der Waals surface area contributed by atoms with Gasteiger partial charge >= 0.3 is 0 Å². The summed E-state index contributed by atoms with van der Waals surface area (Å²) in [6.45, 7) is 5.84. The van der Waals surface area contributed by atoms with Crippen molar-refractivity contribution in [1.82, 2.24) is 0 Å². The maximum absolute atomic E-state index is 11.9. The summed E-state index contributed by atoms with van der Waals surface area (Å²) in [5, 5.41) is 9.87. The summed E-state index contributed by atoms with van der Waals surface area (Å²) in [4.78, 5) is 11.9. The lowest BCUT2D eigenvalue weighted by Gasteiger charge is -2.30. The molecule has 0 aromatic carbocycles. The number of carbonyl (C=O) groups is 1. The van der Waals surface area contributed by atoms with Gasteiger partial charge in [0.1, 0.15) is 5.78 Å². The van der Waals surface area contributed by atoms with Gasteiger partial charge in [0, 0.05) is 5.41 Å². The van der Waals surface area contributed by atoms with E-state index in [1.54, 1.807) is 0 Å². The number of aliphatic hydroxyl groups excluding tert-OH is 1. The van der Waals surface area contributed by atoms with Crippen molar-refractivity contribution >= 4 is 5.78 Å². The molecule has 0 aromatic rings. The van der Waals surface area contributed by atoms with Crippen LogP contribution in [0.2, 0.25) is 0 Å². The molecule has 0 spiro atoms. The Morgan fingerprint density at radius 3 is 2.25 bits per heavy atom. The fourth-order valence-corrected chi connectivity index (χ4v) is 3.11. The third-order valence-corrected chi connectivity index (χ3v) is 4.04. The normalized spacial score (nSPS) is 50.2. The Bertz CT molecular complexity index is 244. The minimum atomic E-state index is -0.422. The zero-order valence-electron chi connectivity index (χ0n) is 7.92. The standard InChI is InChI=1S/C10H16O2/c1-9(2)6-4-5-10(3,7(6)11)8(9)12/h6-7,11H,4-5H2,1-3H3/t6-,7+,10+/m0/s1. The number of aliphatic hydroxyl groups is 1. The molecule has 0 saturated heterocycles. The molecule has 2 fully saturated rings. The summed E-state index contributed by atoms with van der Waals surface area (Å²) in [5.41, 5.74) is -0.708. The average molecular weight is 168 g/mol. The van der Waals surface area contributed by atoms with Gasteiger partial charge in [0.15, 0.2) is 0 Å². The molecule has 12 heavy (non-hydrogen) atoms. The van der Waals surface area contributed by atoms with Crippen LogP contribution < -0.4 is 0 Å². The van der Waals surface area contributed by atoms with Crippen molar-refractivity contribution in [2.24, 2.45) is 16.7 Å². The predicted molar refractivity (Wildman–Crippen MR) is 45.6 cm³/mol. The molecule has 0 radical (unpaired) electrons. The van der Waals surface area contributed by atoms with Crippen LogP contribution in [0.4, 0.5) is 0 Å². The quantitative estimate of drug-likeness (QED) is 0.593. The van der Waals surface area contributed by atoms with Gasteiger partial charge in [0.2, 0.25) is 0 Å². The van der Waals surface area contributed by atoms with Crippen LogP contribution in [0.1, 0.15) is 33.6 Å². The summed E-state index contributed by atoms with van der Waals surface area (Å²) >= 11 is 0. The molecule has 68 valence electrons. The minimum absolute atomic E-state index is 0.204. The first kappa shape index (κ1) is 8.24. The monoisotopic (exact) mass is 168 g/mol. The first-order valence-corrected chi connectivity index (χ1v) is 4.63. The van der Waals surface area contributed by atoms with E-state index in [0.29, 0.717) is 0 Å². The van der Waals surface area contributed by atoms with Gasteiger partial charge in [-0.2, -0.15) is 0 Å². The van der Waals surface area contributed by atoms with Gasteiger partial charge in [-0.05, 0) is 18.8 Å². The Kier molecular flexibility index (Phi) is 1.32. The molecule has 0 unspecified atom stereocenters. The van der Waals surface area contributed by atoms with Crippen LogP contribution in [0.15, 0.2) is 0 Å². The molecule has 0 amide bonds. The number of ketones is 1. The van der Waals surface area contributed by atoms with E-state index in [4.69, 9.17) is 0 Å². The van der Waals surface area contributed by atoms with E-state index >= 15 is 0 Å². The van der Waals surface area contributed by atoms with Gasteiger partial charge in [0.05, 0.1) is 11.5 Å². The first-order valence-electron chi connectivity index (χ1n) is 4.63. The highest BCUT2D eigenvalue weighted by Crippen LogP contribution is 2.59. The Morgan fingerprint density at radius 2 is 2.00 bits per heavy atom. The van der Waals surface area contributed by atoms with Crippen LogP contribution in [0, 0.1) is 16.7 Å². The lowest BCUT2D eigenvalue weighted by atomic mass is 9.72. The lowest BCUT2D eigenvalue weighted by Crippen LogP contribution is -2.35. The summed E-state index contributed by atoms with van der Waals surface area (Å²) in [6.07, 6.45) is 1.50. The summed E-state index contributed by atoms with van der Waals surface area (Å²) in [7, 11) is 0. The van der Waals surface area contributed by atoms with Crippen LogP contribution in [0.25, 0.3) is 0 Å². The molecule has 2 aliphatic rings. The van der Waals surface area contributed by atoms with Gasteiger partial charge in [0.25, 0.3) is 0 Å². The van der Waals surface area contributed by atoms with Crippen molar-refractivity contribution in [1.29, 1.82) is 0 Å². The highest BCUT2D eigenvalue weighted by atomic mass is 16.3. The third kappa shape index (κ3) is 0.634. The van der Waals surface area contributed by atoms with E-state index in [-0.39, 0.29) is 23.2 Å². The second-order valence-electron chi connectivity index (χ2n) is 5.06. The largest absolute Gasteiger partial charge is 0.392 e. The van der Waals surface area contributed by atoms with Gasteiger partial charge < -0.3 is 5.11 Å². The average Bonchev–Trinajstić information content (AvgIpc) is 2.32. The van der Waals surface area contributed by atoms with Crippen LogP contribution in [-0.2, 0) is 4.79 Å². The van der Waals surface area contributed by atoms with Crippen molar-refractivity contribution in [2.45, 2.75) is 39.7 Å². The molecule has 0 aliphatic heterocycles. The number of rotatable bonds is 0. The molecule has 2 heteroatoms. The number of carbonyl (C=O) groups excluding carboxylic acids is 1. The molecule has 3 atom stereocenters. The summed E-state index contributed by atoms with van der Waals surface area (Å²) in [6, 6.07) is 0. The summed E-state index contributed by atoms with van der Waals surface area (Å²) < 4.78 is 0. The number of hydrogen-bond acceptors (Lipinski definition) is 2. The Labute approximate surface area is 73.0 Å². The van der Waals surface area contributed by atoms with Gasteiger partial charge in [-0.15, -0.1) is 0 Å². The molecule has 1 N–H and O–H groups in total. The van der Waals surface area contributed by atoms with Crippen molar-refractivity contribution in [3.8, 4) is 0 Å². The molecular formula is C10H16O2. The Hall–Kier alpha value is -0.370. The molecule has 2 bridgehead atoms. The van der Waals surface area contributed by atoms with E-state index in [1.807, 2.05) is 20.8 Å². The smallest absolute Gasteiger partial charge is 0.147 e. The highest BCUT2D eigenvalue weighted by molar-refractivity contribution is 5.94. The van der Waals surface area contributed by atoms with E-state index in [0.717, 1.165) is 12.8 Å². The predicted octanol–water partition coefficient (Wildman–Crippen LogP) is 1.37. The zero-order valence-corrected chi connectivity index (χ0v) is 7.92. The maximum Gasteiger partial charge on any atom is 0.147 e. The van der Waals surface area contributed by atoms with Crippen molar-refractivity contribution in [3.63, 3.8) is 0 Å². The van der Waals surface area contributed by atoms with E-state index < -0.39 is 5.41 Å². The van der Waals surface area contributed by atoms with E-state index in [1.165, 1.54) is 0 Å². The molecule has 2 aliphatic carbocycles. The number of Topliss-reactive ketones (excluding diaryl/α,β-unsaturated/α-hetero) is 1. The second-order valence-corrected chi connectivity index (χ2v) is 5.06. The molecule has 0 aromatic heterocycles. The van der Waals surface area contributed by atoms with Crippen molar-refractivity contribution in [3.05, 3.63) is 0 Å². The molecular weight excluding hydrogens is 152 g/mol. The third-order valence-electron chi connectivity index (χ3n) is 4.04. The van der Waals surface area contributed by atoms with E-state index in [2.05, 4.69) is 0 Å². The highest BCUT2D eigenvalue weighted by Gasteiger charge is 2.65. The number of hydrogen-bond donors (Lipinski definition) is 1. The Morgan fingerprint density at radius 1 is 1.42 bits per heavy atom. The SMILES string of the molecule is CC1(C)C(=O)[C@]2(C)CC[C@H]1[C@H]2O. The molecule has 2 nitrogen and oxygen atoms in total. The maximum atomic E-state index is 11.9. The fraction of sp³-hybridized carbons (Fsp3) is 0.900. The van der Waals surface area contributed by atoms with Crippen LogP contribution in [-0.4, -0.2) is 17.0 Å². The Balaban J connectivity index is 2.48. The fourth-order valence-electron chi connectivity index (χ4n) is 3.11. The van der Waals surface area contributed by atoms with Crippen molar-refractivity contribution < 1.29 is 9.90 Å². The lowest BCUT2D eigenvalue weighted by molar-refractivity contribution is -0.135. The van der Waals surface area contributed by atoms with Gasteiger partial charge in [-0.25, -0.2) is 0 Å². The zero-order chi connectivity index (χ0) is 9.15. The van der Waals surface area contributed by atoms with Crippen molar-refractivity contribution in [2.75, 3.05) is 0 Å². The molecule has 2 saturated carbocycles. The van der Waals surface area contributed by atoms with Crippen LogP contribution in [0.3, 0.4) is 0 Å². The van der Waals surface area contributed by atoms with Crippen LogP contribution >= 0.6 is 0 Å². The first-order chi connectivity index (χ1) is 5.40. The minimum Gasteiger partial charge on any atom is -0.392 e. The van der Waals surface area contributed by atoms with E-state index in [9.17, 15) is 9.90 Å².